The molecule has 0 unspecified atom stereocenters. The van der Waals surface area contributed by atoms with Crippen LogP contribution in [0.2, 0.25) is 0 Å². The Kier molecular flexibility index (Phi) is 5.70. The van der Waals surface area contributed by atoms with E-state index in [1.54, 1.807) is 18.2 Å². The van der Waals surface area contributed by atoms with E-state index in [2.05, 4.69) is 4.99 Å². The van der Waals surface area contributed by atoms with Crippen LogP contribution in [0.1, 0.15) is 5.56 Å². The lowest BCUT2D eigenvalue weighted by Crippen LogP contribution is -2.10. The summed E-state index contributed by atoms with van der Waals surface area (Å²) in [6.45, 7) is 0. The number of phenols is 1. The standard InChI is InChI=1S/C20H16FNO5S/c1-26-14-7-6-11(15(23)10-14)8-16-18(24)17(20(25)27-2)19(28-16)22-13-5-3-4-12(21)9-13/h3-10,23-24H,1-2H3. The molecule has 0 amide bonds. The van der Waals surface area contributed by atoms with Gasteiger partial charge in [-0.1, -0.05) is 17.8 Å². The minimum atomic E-state index is -0.775. The molecule has 28 heavy (non-hydrogen) atoms. The van der Waals surface area contributed by atoms with E-state index in [-0.39, 0.29) is 32.7 Å². The number of halogens is 1. The van der Waals surface area contributed by atoms with Crippen molar-refractivity contribution in [1.82, 2.24) is 0 Å². The number of hydrogen-bond donors (Lipinski definition) is 2. The first-order valence-electron chi connectivity index (χ1n) is 8.06. The van der Waals surface area contributed by atoms with Crippen LogP contribution in [0.3, 0.4) is 0 Å². The van der Waals surface area contributed by atoms with Crippen LogP contribution in [-0.2, 0) is 9.53 Å². The summed E-state index contributed by atoms with van der Waals surface area (Å²) in [5, 5.41) is 20.8. The number of aliphatic hydroxyl groups excluding tert-OH is 1. The molecule has 144 valence electrons. The highest BCUT2D eigenvalue weighted by Crippen LogP contribution is 2.41. The van der Waals surface area contributed by atoms with Crippen LogP contribution in [0.25, 0.3) is 6.08 Å². The number of benzene rings is 2. The Bertz CT molecular complexity index is 1030. The fourth-order valence-corrected chi connectivity index (χ4v) is 3.49. The van der Waals surface area contributed by atoms with Crippen molar-refractivity contribution < 1.29 is 28.9 Å². The van der Waals surface area contributed by atoms with Crippen molar-refractivity contribution in [3.05, 3.63) is 70.1 Å². The molecule has 2 aromatic rings. The van der Waals surface area contributed by atoms with Crippen LogP contribution in [0, 0.1) is 5.82 Å². The number of carbonyl (C=O) groups is 1. The molecule has 2 aromatic carbocycles. The molecule has 1 aliphatic heterocycles. The highest BCUT2D eigenvalue weighted by Gasteiger charge is 2.33. The number of methoxy groups -OCH3 is 2. The largest absolute Gasteiger partial charge is 0.507 e. The van der Waals surface area contributed by atoms with E-state index in [1.807, 2.05) is 0 Å². The van der Waals surface area contributed by atoms with Crippen LogP contribution in [0.5, 0.6) is 11.5 Å². The predicted molar refractivity (Wildman–Crippen MR) is 105 cm³/mol. The van der Waals surface area contributed by atoms with Gasteiger partial charge >= 0.3 is 5.97 Å². The number of aliphatic imine (C=N–C) groups is 1. The summed E-state index contributed by atoms with van der Waals surface area (Å²) in [6.07, 6.45) is 1.51. The van der Waals surface area contributed by atoms with Crippen LogP contribution in [-0.4, -0.2) is 35.4 Å². The minimum Gasteiger partial charge on any atom is -0.507 e. The predicted octanol–water partition coefficient (Wildman–Crippen LogP) is 4.34. The van der Waals surface area contributed by atoms with E-state index in [4.69, 9.17) is 9.47 Å². The number of esters is 1. The van der Waals surface area contributed by atoms with Crippen LogP contribution in [0.4, 0.5) is 10.1 Å². The molecule has 8 heteroatoms. The molecule has 0 spiro atoms. The number of aliphatic hydroxyl groups is 1. The van der Waals surface area contributed by atoms with Crippen molar-refractivity contribution in [2.75, 3.05) is 14.2 Å². The van der Waals surface area contributed by atoms with Crippen molar-refractivity contribution in [2.24, 2.45) is 4.99 Å². The molecule has 0 atom stereocenters. The van der Waals surface area contributed by atoms with Gasteiger partial charge in [-0.25, -0.2) is 14.2 Å². The van der Waals surface area contributed by atoms with Gasteiger partial charge in [-0.05, 0) is 36.4 Å². The average Bonchev–Trinajstić information content (AvgIpc) is 2.97. The molecule has 0 aliphatic carbocycles. The van der Waals surface area contributed by atoms with E-state index in [0.717, 1.165) is 11.8 Å². The molecule has 6 nitrogen and oxygen atoms in total. The zero-order chi connectivity index (χ0) is 20.3. The number of carbonyl (C=O) groups excluding carboxylic acids is 1. The number of aromatic hydroxyl groups is 1. The molecule has 0 fully saturated rings. The monoisotopic (exact) mass is 401 g/mol. The molecule has 0 bridgehead atoms. The lowest BCUT2D eigenvalue weighted by Gasteiger charge is -2.04. The maximum atomic E-state index is 13.4. The second-order valence-corrected chi connectivity index (χ2v) is 6.68. The van der Waals surface area contributed by atoms with Gasteiger partial charge in [0, 0.05) is 11.6 Å². The normalized spacial score (nSPS) is 16.7. The first kappa shape index (κ1) is 19.5. The number of ether oxygens (including phenoxy) is 2. The highest BCUT2D eigenvalue weighted by molar-refractivity contribution is 8.18. The maximum absolute atomic E-state index is 13.4. The van der Waals surface area contributed by atoms with Gasteiger partial charge in [-0.2, -0.15) is 0 Å². The van der Waals surface area contributed by atoms with Crippen LogP contribution >= 0.6 is 11.8 Å². The van der Waals surface area contributed by atoms with Gasteiger partial charge in [-0.3, -0.25) is 0 Å². The molecule has 0 aromatic heterocycles. The first-order valence-corrected chi connectivity index (χ1v) is 8.87. The van der Waals surface area contributed by atoms with E-state index in [0.29, 0.717) is 11.3 Å². The Morgan fingerprint density at radius 2 is 1.96 bits per heavy atom. The second-order valence-electron chi connectivity index (χ2n) is 5.65. The van der Waals surface area contributed by atoms with Crippen LogP contribution < -0.4 is 4.74 Å². The van der Waals surface area contributed by atoms with E-state index < -0.39 is 11.8 Å². The smallest absolute Gasteiger partial charge is 0.344 e. The highest BCUT2D eigenvalue weighted by atomic mass is 32.2. The zero-order valence-corrected chi connectivity index (χ0v) is 15.8. The summed E-state index contributed by atoms with van der Waals surface area (Å²) in [6, 6.07) is 10.2. The SMILES string of the molecule is COC(=O)C1=C(O)C(=Cc2ccc(OC)cc2O)SC1=Nc1cccc(F)c1. The fraction of sp³-hybridized carbons (Fsp3) is 0.100. The molecule has 3 rings (SSSR count). The summed E-state index contributed by atoms with van der Waals surface area (Å²) in [4.78, 5) is 16.7. The number of rotatable bonds is 4. The number of nitrogens with zero attached hydrogens (tertiary/aromatic N) is 1. The van der Waals surface area contributed by atoms with Crippen LogP contribution in [0.15, 0.2) is 63.7 Å². The molecule has 2 N–H and O–H groups in total. The Morgan fingerprint density at radius 3 is 2.61 bits per heavy atom. The van der Waals surface area contributed by atoms with Gasteiger partial charge < -0.3 is 19.7 Å². The van der Waals surface area contributed by atoms with E-state index >= 15 is 0 Å². The maximum Gasteiger partial charge on any atom is 0.344 e. The van der Waals surface area contributed by atoms with Gasteiger partial charge in [0.2, 0.25) is 0 Å². The molecule has 1 heterocycles. The Morgan fingerprint density at radius 1 is 1.18 bits per heavy atom. The van der Waals surface area contributed by atoms with Gasteiger partial charge in [-0.15, -0.1) is 0 Å². The Hall–Kier alpha value is -3.26. The summed E-state index contributed by atoms with van der Waals surface area (Å²) in [5.41, 5.74) is 0.562. The molecule has 0 saturated heterocycles. The van der Waals surface area contributed by atoms with Gasteiger partial charge in [0.15, 0.2) is 0 Å². The summed E-state index contributed by atoms with van der Waals surface area (Å²) >= 11 is 1.01. The van der Waals surface area contributed by atoms with Gasteiger partial charge in [0.05, 0.1) is 24.8 Å². The lowest BCUT2D eigenvalue weighted by molar-refractivity contribution is -0.135. The summed E-state index contributed by atoms with van der Waals surface area (Å²) in [7, 11) is 2.66. The van der Waals surface area contributed by atoms with Crippen molar-refractivity contribution >= 4 is 34.5 Å². The number of thioether (sulfide) groups is 1. The van der Waals surface area contributed by atoms with Crippen molar-refractivity contribution in [1.29, 1.82) is 0 Å². The summed E-state index contributed by atoms with van der Waals surface area (Å²) < 4.78 is 23.2. The Labute approximate surface area is 164 Å². The molecule has 0 radical (unpaired) electrons. The van der Waals surface area contributed by atoms with Crippen molar-refractivity contribution in [3.63, 3.8) is 0 Å². The number of phenolic OH excluding ortho intramolecular Hbond substituents is 1. The molecular weight excluding hydrogens is 385 g/mol. The Balaban J connectivity index is 2.05. The zero-order valence-electron chi connectivity index (χ0n) is 15.0. The topological polar surface area (TPSA) is 88.4 Å². The molecular formula is C20H16FNO5S. The molecule has 1 aliphatic rings. The van der Waals surface area contributed by atoms with Crippen molar-refractivity contribution in [3.8, 4) is 11.5 Å². The summed E-state index contributed by atoms with van der Waals surface area (Å²) in [5.74, 6) is -1.17. The number of hydrogen-bond acceptors (Lipinski definition) is 7. The third-order valence-electron chi connectivity index (χ3n) is 3.84. The third-order valence-corrected chi connectivity index (χ3v) is 4.86. The van der Waals surface area contributed by atoms with Gasteiger partial charge in [0.25, 0.3) is 0 Å². The fourth-order valence-electron chi connectivity index (χ4n) is 2.47. The molecule has 0 saturated carbocycles. The van der Waals surface area contributed by atoms with Crippen molar-refractivity contribution in [2.45, 2.75) is 0 Å². The second kappa shape index (κ2) is 8.18. The third kappa shape index (κ3) is 4.01. The average molecular weight is 401 g/mol. The van der Waals surface area contributed by atoms with E-state index in [1.165, 1.54) is 44.6 Å². The van der Waals surface area contributed by atoms with Gasteiger partial charge in [0.1, 0.15) is 33.7 Å². The first-order chi connectivity index (χ1) is 13.4. The van der Waals surface area contributed by atoms with E-state index in [9.17, 15) is 19.4 Å². The lowest BCUT2D eigenvalue weighted by atomic mass is 10.1. The quantitative estimate of drug-likeness (QED) is 0.741. The minimum absolute atomic E-state index is 0.0598.